The molecule has 3 aliphatic rings. The molecule has 2 aromatic rings. The normalized spacial score (nSPS) is 21.4. The van der Waals surface area contributed by atoms with Crippen LogP contribution < -0.4 is 10.1 Å². The molecule has 2 heterocycles. The minimum atomic E-state index is -1.06. The first-order valence-corrected chi connectivity index (χ1v) is 13.4. The van der Waals surface area contributed by atoms with E-state index in [1.807, 2.05) is 30.3 Å². The predicted octanol–water partition coefficient (Wildman–Crippen LogP) is 5.33. The lowest BCUT2D eigenvalue weighted by molar-refractivity contribution is 0.0764. The molecule has 1 aliphatic carbocycles. The third kappa shape index (κ3) is 7.01. The highest BCUT2D eigenvalue weighted by Gasteiger charge is 2.42. The summed E-state index contributed by atoms with van der Waals surface area (Å²) in [4.78, 5) is 27.8. The summed E-state index contributed by atoms with van der Waals surface area (Å²) in [5.41, 5.74) is 0.373. The highest BCUT2D eigenvalue weighted by molar-refractivity contribution is 5.95. The number of carboxylic acid groups (broad SMARTS) is 1. The van der Waals surface area contributed by atoms with Gasteiger partial charge in [0.1, 0.15) is 22.9 Å². The molecular formula is C29H37F2N3O4. The van der Waals surface area contributed by atoms with Crippen molar-refractivity contribution in [2.75, 3.05) is 39.8 Å². The Morgan fingerprint density at radius 1 is 0.974 bits per heavy atom. The van der Waals surface area contributed by atoms with Crippen LogP contribution in [0.3, 0.4) is 0 Å². The van der Waals surface area contributed by atoms with Gasteiger partial charge >= 0.3 is 6.09 Å². The van der Waals surface area contributed by atoms with Crippen molar-refractivity contribution in [3.8, 4) is 5.75 Å². The van der Waals surface area contributed by atoms with Crippen LogP contribution in [0.4, 0.5) is 13.6 Å². The number of nitrogens with zero attached hydrogens (tertiary/aromatic N) is 2. The summed E-state index contributed by atoms with van der Waals surface area (Å²) in [7, 11) is 1.31. The molecule has 3 fully saturated rings. The first kappa shape index (κ1) is 27.8. The second-order valence-corrected chi connectivity index (χ2v) is 10.4. The molecule has 2 N–H and O–H groups in total. The van der Waals surface area contributed by atoms with Crippen LogP contribution >= 0.6 is 0 Å². The summed E-state index contributed by atoms with van der Waals surface area (Å²) < 4.78 is 33.5. The molecule has 3 atom stereocenters. The SMILES string of the molecule is C1CCCC1.COc1cc(F)c(C(=O)N2CC3CN(CCC(NC(=O)O)c4ccccc4)C[C@H]3C2)c(F)c1. The molecule has 7 nitrogen and oxygen atoms in total. The number of hydrogen-bond donors (Lipinski definition) is 2. The lowest BCUT2D eigenvalue weighted by Crippen LogP contribution is -2.35. The van der Waals surface area contributed by atoms with Crippen LogP contribution in [0.25, 0.3) is 0 Å². The van der Waals surface area contributed by atoms with E-state index >= 15 is 0 Å². The summed E-state index contributed by atoms with van der Waals surface area (Å²) >= 11 is 0. The number of nitrogens with one attached hydrogen (secondary N) is 1. The smallest absolute Gasteiger partial charge is 0.405 e. The number of likely N-dealkylation sites (tertiary alicyclic amines) is 2. The summed E-state index contributed by atoms with van der Waals surface area (Å²) in [6.45, 7) is 3.12. The van der Waals surface area contributed by atoms with E-state index in [0.717, 1.165) is 30.8 Å². The summed E-state index contributed by atoms with van der Waals surface area (Å²) in [6, 6.07) is 11.2. The summed E-state index contributed by atoms with van der Waals surface area (Å²) in [5.74, 6) is -2.01. The zero-order valence-corrected chi connectivity index (χ0v) is 21.9. The van der Waals surface area contributed by atoms with E-state index in [2.05, 4.69) is 10.2 Å². The molecule has 1 saturated carbocycles. The van der Waals surface area contributed by atoms with Crippen LogP contribution in [0.5, 0.6) is 5.75 Å². The molecule has 5 rings (SSSR count). The van der Waals surface area contributed by atoms with E-state index in [9.17, 15) is 23.5 Å². The first-order valence-electron chi connectivity index (χ1n) is 13.4. The topological polar surface area (TPSA) is 82.1 Å². The molecule has 38 heavy (non-hydrogen) atoms. The molecule has 0 bridgehead atoms. The molecule has 9 heteroatoms. The van der Waals surface area contributed by atoms with Gasteiger partial charge in [0.15, 0.2) is 0 Å². The van der Waals surface area contributed by atoms with Crippen molar-refractivity contribution in [2.45, 2.75) is 44.6 Å². The average molecular weight is 530 g/mol. The molecular weight excluding hydrogens is 492 g/mol. The van der Waals surface area contributed by atoms with Gasteiger partial charge in [-0.25, -0.2) is 13.6 Å². The number of rotatable bonds is 7. The summed E-state index contributed by atoms with van der Waals surface area (Å²) in [5, 5.41) is 11.8. The van der Waals surface area contributed by atoms with Gasteiger partial charge in [0.05, 0.1) is 13.2 Å². The second-order valence-electron chi connectivity index (χ2n) is 10.4. The van der Waals surface area contributed by atoms with Crippen LogP contribution in [0.15, 0.2) is 42.5 Å². The molecule has 2 saturated heterocycles. The molecule has 0 spiro atoms. The van der Waals surface area contributed by atoms with Gasteiger partial charge in [-0.2, -0.15) is 0 Å². The van der Waals surface area contributed by atoms with Gasteiger partial charge in [-0.3, -0.25) is 4.79 Å². The van der Waals surface area contributed by atoms with Crippen LogP contribution in [0.1, 0.15) is 60.5 Å². The van der Waals surface area contributed by atoms with Crippen molar-refractivity contribution >= 4 is 12.0 Å². The summed E-state index contributed by atoms with van der Waals surface area (Å²) in [6.07, 6.45) is 7.06. The van der Waals surface area contributed by atoms with Crippen molar-refractivity contribution in [3.63, 3.8) is 0 Å². The van der Waals surface area contributed by atoms with Gasteiger partial charge < -0.3 is 25.0 Å². The van der Waals surface area contributed by atoms with Gasteiger partial charge in [-0.15, -0.1) is 0 Å². The number of methoxy groups -OCH3 is 1. The largest absolute Gasteiger partial charge is 0.497 e. The van der Waals surface area contributed by atoms with Crippen molar-refractivity contribution in [1.29, 1.82) is 0 Å². The molecule has 2 aromatic carbocycles. The highest BCUT2D eigenvalue weighted by Crippen LogP contribution is 2.33. The minimum Gasteiger partial charge on any atom is -0.497 e. The molecule has 0 aromatic heterocycles. The Morgan fingerprint density at radius 2 is 1.53 bits per heavy atom. The van der Waals surface area contributed by atoms with Crippen LogP contribution in [0.2, 0.25) is 0 Å². The van der Waals surface area contributed by atoms with Crippen molar-refractivity contribution < 1.29 is 28.2 Å². The van der Waals surface area contributed by atoms with Crippen molar-refractivity contribution in [1.82, 2.24) is 15.1 Å². The maximum atomic E-state index is 14.3. The molecule has 2 aliphatic heterocycles. The third-order valence-corrected chi connectivity index (χ3v) is 7.80. The van der Waals surface area contributed by atoms with Crippen molar-refractivity contribution in [3.05, 3.63) is 65.2 Å². The Kier molecular flexibility index (Phi) is 9.55. The van der Waals surface area contributed by atoms with Gasteiger partial charge in [-0.1, -0.05) is 62.4 Å². The highest BCUT2D eigenvalue weighted by atomic mass is 19.1. The van der Waals surface area contributed by atoms with Crippen LogP contribution in [0, 0.1) is 23.5 Å². The van der Waals surface area contributed by atoms with E-state index in [1.165, 1.54) is 44.1 Å². The molecule has 2 unspecified atom stereocenters. The van der Waals surface area contributed by atoms with Crippen molar-refractivity contribution in [2.24, 2.45) is 11.8 Å². The van der Waals surface area contributed by atoms with E-state index in [0.29, 0.717) is 26.1 Å². The molecule has 0 radical (unpaired) electrons. The second kappa shape index (κ2) is 13.0. The number of carbonyl (C=O) groups excluding carboxylic acids is 1. The Morgan fingerprint density at radius 3 is 2.03 bits per heavy atom. The van der Waals surface area contributed by atoms with Gasteiger partial charge in [0.25, 0.3) is 5.91 Å². The Hall–Kier alpha value is -3.20. The van der Waals surface area contributed by atoms with Crippen LogP contribution in [-0.2, 0) is 0 Å². The lowest BCUT2D eigenvalue weighted by atomic mass is 10.0. The zero-order valence-electron chi connectivity index (χ0n) is 21.9. The van der Waals surface area contributed by atoms with E-state index in [1.54, 1.807) is 0 Å². The monoisotopic (exact) mass is 529 g/mol. The Bertz CT molecular complexity index is 1050. The van der Waals surface area contributed by atoms with Gasteiger partial charge in [0.2, 0.25) is 0 Å². The Labute approximate surface area is 222 Å². The number of halogens is 2. The fourth-order valence-corrected chi connectivity index (χ4v) is 5.82. The van der Waals surface area contributed by atoms with E-state index in [-0.39, 0.29) is 23.6 Å². The van der Waals surface area contributed by atoms with E-state index < -0.39 is 29.2 Å². The maximum Gasteiger partial charge on any atom is 0.405 e. The number of ether oxygens (including phenoxy) is 1. The number of fused-ring (bicyclic) bond motifs is 1. The average Bonchev–Trinajstić information content (AvgIpc) is 3.66. The number of carbonyl (C=O) groups is 2. The van der Waals surface area contributed by atoms with Gasteiger partial charge in [0, 0.05) is 44.9 Å². The number of amides is 2. The standard InChI is InChI=1S/C24H27F2N3O4.C5H10/c1-33-18-9-19(25)22(20(26)10-18)23(30)29-13-16-11-28(12-17(16)14-29)8-7-21(27-24(31)32)15-5-3-2-4-6-15;1-2-4-5-3-1/h2-6,9-10,16-17,21,27H,7-8,11-14H2,1H3,(H,31,32);1-5H2/t16-,17?,21?;/m0./s1. The first-order chi connectivity index (χ1) is 18.4. The van der Waals surface area contributed by atoms with Crippen LogP contribution in [-0.4, -0.2) is 66.7 Å². The zero-order chi connectivity index (χ0) is 27.1. The fraction of sp³-hybridized carbons (Fsp3) is 0.517. The van der Waals surface area contributed by atoms with Gasteiger partial charge in [-0.05, 0) is 23.8 Å². The molecule has 2 amide bonds. The maximum absolute atomic E-state index is 14.3. The minimum absolute atomic E-state index is 0.0293. The third-order valence-electron chi connectivity index (χ3n) is 7.80. The lowest BCUT2D eigenvalue weighted by Gasteiger charge is -2.24. The molecule has 206 valence electrons. The van der Waals surface area contributed by atoms with E-state index in [4.69, 9.17) is 4.74 Å². The fourth-order valence-electron chi connectivity index (χ4n) is 5.82. The quantitative estimate of drug-likeness (QED) is 0.507. The number of hydrogen-bond acceptors (Lipinski definition) is 4. The Balaban J connectivity index is 0.000000603. The predicted molar refractivity (Wildman–Crippen MR) is 140 cm³/mol. The number of benzene rings is 2.